The van der Waals surface area contributed by atoms with E-state index in [4.69, 9.17) is 9.47 Å². The lowest BCUT2D eigenvalue weighted by atomic mass is 10.1. The second kappa shape index (κ2) is 1.45. The summed E-state index contributed by atoms with van der Waals surface area (Å²) in [6.07, 6.45) is 2.62. The van der Waals surface area contributed by atoms with E-state index in [1.807, 2.05) is 0 Å². The molecule has 0 atom stereocenters. The molecule has 0 aromatic heterocycles. The van der Waals surface area contributed by atoms with Crippen molar-refractivity contribution in [3.05, 3.63) is 0 Å². The normalized spacial score (nSPS) is 33.0. The average molecular weight is 114 g/mol. The molecule has 2 rings (SSSR count). The summed E-state index contributed by atoms with van der Waals surface area (Å²) >= 11 is 0. The van der Waals surface area contributed by atoms with Gasteiger partial charge in [-0.1, -0.05) is 0 Å². The largest absolute Gasteiger partial charge is 0.355 e. The zero-order valence-corrected chi connectivity index (χ0v) is 4.85. The van der Waals surface area contributed by atoms with E-state index in [0.29, 0.717) is 12.2 Å². The Morgan fingerprint density at radius 2 is 1.62 bits per heavy atom. The van der Waals surface area contributed by atoms with Gasteiger partial charge in [-0.2, -0.15) is 0 Å². The van der Waals surface area contributed by atoms with Crippen molar-refractivity contribution in [1.82, 2.24) is 0 Å². The summed E-state index contributed by atoms with van der Waals surface area (Å²) < 4.78 is 10.2. The fraction of sp³-hybridized carbons (Fsp3) is 1.00. The molecule has 1 spiro atoms. The summed E-state index contributed by atoms with van der Waals surface area (Å²) in [5, 5.41) is 0. The highest BCUT2D eigenvalue weighted by Crippen LogP contribution is 2.47. The van der Waals surface area contributed by atoms with E-state index in [-0.39, 0.29) is 0 Å². The second-order valence-corrected chi connectivity index (χ2v) is 2.81. The lowest BCUT2D eigenvalue weighted by Crippen LogP contribution is -2.24. The summed E-state index contributed by atoms with van der Waals surface area (Å²) in [4.78, 5) is 0. The molecule has 0 unspecified atom stereocenters. The van der Waals surface area contributed by atoms with Crippen molar-refractivity contribution in [2.45, 2.75) is 12.8 Å². The van der Waals surface area contributed by atoms with Crippen LogP contribution in [0.5, 0.6) is 0 Å². The van der Waals surface area contributed by atoms with E-state index in [1.165, 1.54) is 12.8 Å². The molecule has 0 N–H and O–H groups in total. The minimum absolute atomic E-state index is 0.484. The monoisotopic (exact) mass is 114 g/mol. The van der Waals surface area contributed by atoms with E-state index >= 15 is 0 Å². The summed E-state index contributed by atoms with van der Waals surface area (Å²) in [6, 6.07) is 0. The van der Waals surface area contributed by atoms with Gasteiger partial charge in [-0.05, 0) is 12.8 Å². The zero-order chi connectivity index (χ0) is 5.45. The molecule has 1 heterocycles. The van der Waals surface area contributed by atoms with Gasteiger partial charge in [0.1, 0.15) is 6.79 Å². The van der Waals surface area contributed by atoms with Crippen molar-refractivity contribution in [2.75, 3.05) is 20.0 Å². The maximum absolute atomic E-state index is 5.12. The van der Waals surface area contributed by atoms with Crippen LogP contribution >= 0.6 is 0 Å². The Bertz CT molecular complexity index is 88.7. The van der Waals surface area contributed by atoms with Crippen LogP contribution in [0.2, 0.25) is 0 Å². The maximum atomic E-state index is 5.12. The predicted octanol–water partition coefficient (Wildman–Crippen LogP) is 0.771. The molecule has 1 aliphatic carbocycles. The molecule has 0 radical (unpaired) electrons. The number of hydrogen-bond donors (Lipinski definition) is 0. The summed E-state index contributed by atoms with van der Waals surface area (Å²) in [7, 11) is 0. The Morgan fingerprint density at radius 3 is 2.00 bits per heavy atom. The van der Waals surface area contributed by atoms with Gasteiger partial charge < -0.3 is 9.47 Å². The maximum Gasteiger partial charge on any atom is 0.146 e. The number of rotatable bonds is 0. The molecule has 0 aromatic carbocycles. The van der Waals surface area contributed by atoms with Crippen molar-refractivity contribution < 1.29 is 9.47 Å². The lowest BCUT2D eigenvalue weighted by molar-refractivity contribution is -0.134. The molecule has 2 heteroatoms. The van der Waals surface area contributed by atoms with Crippen LogP contribution in [0.1, 0.15) is 12.8 Å². The van der Waals surface area contributed by atoms with Crippen molar-refractivity contribution in [3.8, 4) is 0 Å². The van der Waals surface area contributed by atoms with E-state index in [2.05, 4.69) is 0 Å². The van der Waals surface area contributed by atoms with Crippen LogP contribution < -0.4 is 0 Å². The van der Waals surface area contributed by atoms with Gasteiger partial charge in [0.15, 0.2) is 0 Å². The molecule has 1 saturated carbocycles. The molecule has 1 aliphatic heterocycles. The predicted molar refractivity (Wildman–Crippen MR) is 28.4 cm³/mol. The van der Waals surface area contributed by atoms with Gasteiger partial charge in [-0.25, -0.2) is 0 Å². The van der Waals surface area contributed by atoms with Crippen LogP contribution in [-0.2, 0) is 9.47 Å². The Hall–Kier alpha value is -0.0800. The molecule has 0 aromatic rings. The third-order valence-corrected chi connectivity index (χ3v) is 1.94. The van der Waals surface area contributed by atoms with Crippen molar-refractivity contribution >= 4 is 0 Å². The molecular formula is C6H10O2. The highest BCUT2D eigenvalue weighted by atomic mass is 16.7. The van der Waals surface area contributed by atoms with Crippen LogP contribution in [0.4, 0.5) is 0 Å². The van der Waals surface area contributed by atoms with Crippen molar-refractivity contribution in [3.63, 3.8) is 0 Å². The Labute approximate surface area is 48.8 Å². The Kier molecular flexibility index (Phi) is 0.866. The topological polar surface area (TPSA) is 18.5 Å². The fourth-order valence-corrected chi connectivity index (χ4v) is 1.08. The Balaban J connectivity index is 1.95. The van der Waals surface area contributed by atoms with Gasteiger partial charge >= 0.3 is 0 Å². The van der Waals surface area contributed by atoms with Crippen LogP contribution in [0.3, 0.4) is 0 Å². The molecule has 1 saturated heterocycles. The van der Waals surface area contributed by atoms with Gasteiger partial charge in [0.05, 0.1) is 13.2 Å². The SMILES string of the molecule is C1OCC2(CC2)CO1. The van der Waals surface area contributed by atoms with E-state index < -0.39 is 0 Å². The quantitative estimate of drug-likeness (QED) is 0.463. The van der Waals surface area contributed by atoms with Gasteiger partial charge in [-0.3, -0.25) is 0 Å². The number of hydrogen-bond acceptors (Lipinski definition) is 2. The standard InChI is InChI=1S/C6H10O2/c1-2-6(1)3-7-5-8-4-6/h1-5H2. The third kappa shape index (κ3) is 0.644. The first kappa shape index (κ1) is 4.77. The average Bonchev–Trinajstić information content (AvgIpc) is 2.52. The molecule has 2 fully saturated rings. The number of ether oxygens (including phenoxy) is 2. The first-order chi connectivity index (χ1) is 3.91. The minimum Gasteiger partial charge on any atom is -0.355 e. The van der Waals surface area contributed by atoms with Gasteiger partial charge in [-0.15, -0.1) is 0 Å². The summed E-state index contributed by atoms with van der Waals surface area (Å²) in [6.45, 7) is 2.39. The van der Waals surface area contributed by atoms with Crippen LogP contribution in [0, 0.1) is 5.41 Å². The van der Waals surface area contributed by atoms with Crippen molar-refractivity contribution in [1.29, 1.82) is 0 Å². The minimum atomic E-state index is 0.484. The van der Waals surface area contributed by atoms with Gasteiger partial charge in [0, 0.05) is 5.41 Å². The Morgan fingerprint density at radius 1 is 1.00 bits per heavy atom. The summed E-state index contributed by atoms with van der Waals surface area (Å²) in [5.74, 6) is 0. The first-order valence-corrected chi connectivity index (χ1v) is 3.07. The third-order valence-electron chi connectivity index (χ3n) is 1.94. The fourth-order valence-electron chi connectivity index (χ4n) is 1.08. The molecule has 0 bridgehead atoms. The highest BCUT2D eigenvalue weighted by Gasteiger charge is 2.44. The zero-order valence-electron chi connectivity index (χ0n) is 4.85. The smallest absolute Gasteiger partial charge is 0.146 e. The van der Waals surface area contributed by atoms with E-state index in [0.717, 1.165) is 13.2 Å². The molecular weight excluding hydrogens is 104 g/mol. The molecule has 0 amide bonds. The van der Waals surface area contributed by atoms with Gasteiger partial charge in [0.25, 0.3) is 0 Å². The molecule has 46 valence electrons. The lowest BCUT2D eigenvalue weighted by Gasteiger charge is -2.20. The van der Waals surface area contributed by atoms with Gasteiger partial charge in [0.2, 0.25) is 0 Å². The molecule has 2 aliphatic rings. The molecule has 2 nitrogen and oxygen atoms in total. The first-order valence-electron chi connectivity index (χ1n) is 3.07. The van der Waals surface area contributed by atoms with Crippen LogP contribution in [-0.4, -0.2) is 20.0 Å². The molecule has 8 heavy (non-hydrogen) atoms. The van der Waals surface area contributed by atoms with Crippen LogP contribution in [0.15, 0.2) is 0 Å². The van der Waals surface area contributed by atoms with E-state index in [1.54, 1.807) is 0 Å². The second-order valence-electron chi connectivity index (χ2n) is 2.81. The van der Waals surface area contributed by atoms with Crippen LogP contribution in [0.25, 0.3) is 0 Å². The van der Waals surface area contributed by atoms with E-state index in [9.17, 15) is 0 Å². The van der Waals surface area contributed by atoms with Crippen molar-refractivity contribution in [2.24, 2.45) is 5.41 Å². The summed E-state index contributed by atoms with van der Waals surface area (Å²) in [5.41, 5.74) is 0.484. The highest BCUT2D eigenvalue weighted by molar-refractivity contribution is 4.93.